The van der Waals surface area contributed by atoms with Crippen molar-refractivity contribution in [1.82, 2.24) is 0 Å². The minimum atomic E-state index is 0.779. The van der Waals surface area contributed by atoms with E-state index >= 15 is 0 Å². The van der Waals surface area contributed by atoms with E-state index in [1.807, 2.05) is 0 Å². The standard InChI is InChI=1S/C14H19Br/c1-11-5-2-3-6-12(11)7-4-8-14(15)13-9-10-13/h2-3,5-6,13-14H,4,7-10H2,1H3. The lowest BCUT2D eigenvalue weighted by atomic mass is 10.0. The Balaban J connectivity index is 1.75. The topological polar surface area (TPSA) is 0 Å². The molecule has 0 amide bonds. The van der Waals surface area contributed by atoms with E-state index in [1.165, 1.54) is 43.2 Å². The number of hydrogen-bond donors (Lipinski definition) is 0. The maximum absolute atomic E-state index is 3.80. The van der Waals surface area contributed by atoms with Crippen LogP contribution >= 0.6 is 15.9 Å². The number of hydrogen-bond acceptors (Lipinski definition) is 0. The molecule has 1 aromatic carbocycles. The van der Waals surface area contributed by atoms with Gasteiger partial charge in [-0.1, -0.05) is 40.2 Å². The molecule has 0 radical (unpaired) electrons. The van der Waals surface area contributed by atoms with Gasteiger partial charge in [-0.05, 0) is 56.1 Å². The summed E-state index contributed by atoms with van der Waals surface area (Å²) in [5.74, 6) is 0.988. The van der Waals surface area contributed by atoms with E-state index in [-0.39, 0.29) is 0 Å². The molecule has 1 unspecified atom stereocenters. The third-order valence-corrected chi connectivity index (χ3v) is 4.53. The molecule has 0 aliphatic heterocycles. The van der Waals surface area contributed by atoms with E-state index in [9.17, 15) is 0 Å². The molecule has 1 saturated carbocycles. The first-order valence-corrected chi connectivity index (χ1v) is 6.87. The Hall–Kier alpha value is -0.300. The maximum Gasteiger partial charge on any atom is 0.0174 e. The van der Waals surface area contributed by atoms with E-state index in [0.717, 1.165) is 10.7 Å². The molecule has 0 spiro atoms. The third kappa shape index (κ3) is 3.34. The van der Waals surface area contributed by atoms with Crippen molar-refractivity contribution in [3.63, 3.8) is 0 Å². The van der Waals surface area contributed by atoms with Gasteiger partial charge in [0.1, 0.15) is 0 Å². The largest absolute Gasteiger partial charge is 0.0888 e. The van der Waals surface area contributed by atoms with Crippen LogP contribution in [0.25, 0.3) is 0 Å². The second-order valence-corrected chi connectivity index (χ2v) is 5.85. The number of alkyl halides is 1. The van der Waals surface area contributed by atoms with Gasteiger partial charge >= 0.3 is 0 Å². The minimum Gasteiger partial charge on any atom is -0.0888 e. The predicted octanol–water partition coefficient (Wildman–Crippen LogP) is 4.49. The van der Waals surface area contributed by atoms with Crippen LogP contribution in [0.5, 0.6) is 0 Å². The van der Waals surface area contributed by atoms with Gasteiger partial charge in [-0.25, -0.2) is 0 Å². The highest BCUT2D eigenvalue weighted by atomic mass is 79.9. The molecule has 1 atom stereocenters. The van der Waals surface area contributed by atoms with Gasteiger partial charge < -0.3 is 0 Å². The first-order chi connectivity index (χ1) is 7.27. The fourth-order valence-electron chi connectivity index (χ4n) is 2.07. The van der Waals surface area contributed by atoms with Crippen molar-refractivity contribution in [3.05, 3.63) is 35.4 Å². The smallest absolute Gasteiger partial charge is 0.0174 e. The molecule has 15 heavy (non-hydrogen) atoms. The molecule has 0 bridgehead atoms. The third-order valence-electron chi connectivity index (χ3n) is 3.32. The molecule has 0 nitrogen and oxygen atoms in total. The first kappa shape index (κ1) is 11.2. The molecule has 2 rings (SSSR count). The Kier molecular flexibility index (Phi) is 3.85. The molecule has 1 fully saturated rings. The maximum atomic E-state index is 3.80. The van der Waals surface area contributed by atoms with Crippen molar-refractivity contribution < 1.29 is 0 Å². The molecular formula is C14H19Br. The molecule has 0 heterocycles. The van der Waals surface area contributed by atoms with Crippen LogP contribution in [0.2, 0.25) is 0 Å². The molecule has 82 valence electrons. The fourth-order valence-corrected chi connectivity index (χ4v) is 2.92. The second kappa shape index (κ2) is 5.16. The van der Waals surface area contributed by atoms with E-state index in [1.54, 1.807) is 0 Å². The van der Waals surface area contributed by atoms with Crippen LogP contribution in [0.3, 0.4) is 0 Å². The monoisotopic (exact) mass is 266 g/mol. The van der Waals surface area contributed by atoms with Crippen molar-refractivity contribution in [2.75, 3.05) is 0 Å². The summed E-state index contributed by atoms with van der Waals surface area (Å²) < 4.78 is 0. The summed E-state index contributed by atoms with van der Waals surface area (Å²) in [7, 11) is 0. The average Bonchev–Trinajstić information content (AvgIpc) is 3.04. The first-order valence-electron chi connectivity index (χ1n) is 5.96. The van der Waals surface area contributed by atoms with E-state index < -0.39 is 0 Å². The van der Waals surface area contributed by atoms with Crippen LogP contribution in [-0.2, 0) is 6.42 Å². The second-order valence-electron chi connectivity index (χ2n) is 4.67. The number of rotatable bonds is 5. The molecule has 1 aliphatic rings. The Morgan fingerprint density at radius 1 is 1.33 bits per heavy atom. The molecule has 1 aliphatic carbocycles. The number of halogens is 1. The molecule has 0 aromatic heterocycles. The zero-order valence-corrected chi connectivity index (χ0v) is 11.0. The van der Waals surface area contributed by atoms with Crippen molar-refractivity contribution in [1.29, 1.82) is 0 Å². The zero-order valence-electron chi connectivity index (χ0n) is 9.38. The van der Waals surface area contributed by atoms with Crippen molar-refractivity contribution in [2.45, 2.75) is 43.9 Å². The summed E-state index contributed by atoms with van der Waals surface area (Å²) >= 11 is 3.80. The van der Waals surface area contributed by atoms with E-state index in [0.29, 0.717) is 0 Å². The Bertz CT molecular complexity index is 315. The normalized spacial score (nSPS) is 17.7. The van der Waals surface area contributed by atoms with Crippen LogP contribution in [0.1, 0.15) is 36.8 Å². The van der Waals surface area contributed by atoms with Crippen molar-refractivity contribution in [3.8, 4) is 0 Å². The number of aryl methyl sites for hydroxylation is 2. The zero-order chi connectivity index (χ0) is 10.7. The summed E-state index contributed by atoms with van der Waals surface area (Å²) in [5, 5.41) is 0. The Morgan fingerprint density at radius 2 is 2.07 bits per heavy atom. The van der Waals surface area contributed by atoms with Gasteiger partial charge in [0.15, 0.2) is 0 Å². The van der Waals surface area contributed by atoms with Gasteiger partial charge in [-0.15, -0.1) is 0 Å². The highest BCUT2D eigenvalue weighted by molar-refractivity contribution is 9.09. The van der Waals surface area contributed by atoms with Gasteiger partial charge in [0.25, 0.3) is 0 Å². The van der Waals surface area contributed by atoms with Crippen LogP contribution in [-0.4, -0.2) is 4.83 Å². The summed E-state index contributed by atoms with van der Waals surface area (Å²) in [6.45, 7) is 2.21. The van der Waals surface area contributed by atoms with Crippen molar-refractivity contribution >= 4 is 15.9 Å². The fraction of sp³-hybridized carbons (Fsp3) is 0.571. The summed E-state index contributed by atoms with van der Waals surface area (Å²) in [6.07, 6.45) is 6.78. The lowest BCUT2D eigenvalue weighted by Gasteiger charge is -2.09. The van der Waals surface area contributed by atoms with Crippen molar-refractivity contribution in [2.24, 2.45) is 5.92 Å². The molecule has 1 heteroatoms. The van der Waals surface area contributed by atoms with E-state index in [4.69, 9.17) is 0 Å². The van der Waals surface area contributed by atoms with Gasteiger partial charge in [-0.2, -0.15) is 0 Å². The lowest BCUT2D eigenvalue weighted by Crippen LogP contribution is -2.01. The predicted molar refractivity (Wildman–Crippen MR) is 69.6 cm³/mol. The van der Waals surface area contributed by atoms with Gasteiger partial charge in [0, 0.05) is 4.83 Å². The molecule has 0 N–H and O–H groups in total. The lowest BCUT2D eigenvalue weighted by molar-refractivity contribution is 0.653. The van der Waals surface area contributed by atoms with Crippen LogP contribution in [0, 0.1) is 12.8 Å². The van der Waals surface area contributed by atoms with E-state index in [2.05, 4.69) is 47.1 Å². The van der Waals surface area contributed by atoms with Crippen LogP contribution in [0.4, 0.5) is 0 Å². The summed E-state index contributed by atoms with van der Waals surface area (Å²) in [6, 6.07) is 8.74. The Labute approximate surface area is 101 Å². The van der Waals surface area contributed by atoms with Crippen LogP contribution < -0.4 is 0 Å². The summed E-state index contributed by atoms with van der Waals surface area (Å²) in [5.41, 5.74) is 2.96. The molecule has 1 aromatic rings. The Morgan fingerprint density at radius 3 is 2.73 bits per heavy atom. The highest BCUT2D eigenvalue weighted by Gasteiger charge is 2.28. The summed E-state index contributed by atoms with van der Waals surface area (Å²) in [4.78, 5) is 0.779. The SMILES string of the molecule is Cc1ccccc1CCCC(Br)C1CC1. The molecular weight excluding hydrogens is 248 g/mol. The molecule has 0 saturated heterocycles. The minimum absolute atomic E-state index is 0.779. The number of benzene rings is 1. The highest BCUT2D eigenvalue weighted by Crippen LogP contribution is 2.38. The quantitative estimate of drug-likeness (QED) is 0.689. The van der Waals surface area contributed by atoms with Gasteiger partial charge in [0.2, 0.25) is 0 Å². The van der Waals surface area contributed by atoms with Gasteiger partial charge in [-0.3, -0.25) is 0 Å². The average molecular weight is 267 g/mol. The van der Waals surface area contributed by atoms with Gasteiger partial charge in [0.05, 0.1) is 0 Å². The van der Waals surface area contributed by atoms with Crippen LogP contribution in [0.15, 0.2) is 24.3 Å².